The van der Waals surface area contributed by atoms with Gasteiger partial charge in [0.25, 0.3) is 0 Å². The van der Waals surface area contributed by atoms with Crippen molar-refractivity contribution in [3.63, 3.8) is 0 Å². The lowest BCUT2D eigenvalue weighted by Crippen LogP contribution is -2.10. The molecule has 0 aromatic carbocycles. The highest BCUT2D eigenvalue weighted by molar-refractivity contribution is 9.11. The first-order valence-electron chi connectivity index (χ1n) is 3.78. The van der Waals surface area contributed by atoms with E-state index in [1.165, 1.54) is 21.5 Å². The van der Waals surface area contributed by atoms with Crippen molar-refractivity contribution in [2.24, 2.45) is 11.7 Å². The van der Waals surface area contributed by atoms with Crippen molar-refractivity contribution in [2.45, 2.75) is 18.9 Å². The zero-order chi connectivity index (χ0) is 7.84. The van der Waals surface area contributed by atoms with E-state index in [0.29, 0.717) is 6.04 Å². The maximum atomic E-state index is 6.00. The van der Waals surface area contributed by atoms with E-state index in [-0.39, 0.29) is 12.4 Å². The summed E-state index contributed by atoms with van der Waals surface area (Å²) in [5, 5.41) is 0. The largest absolute Gasteiger partial charge is 0.323 e. The highest BCUT2D eigenvalue weighted by atomic mass is 79.9. The average molecular weight is 269 g/mol. The molecule has 2 rings (SSSR count). The SMILES string of the molecule is Cl.N[C@@H](c1ccc(Br)s1)C1CC1. The fourth-order valence-electron chi connectivity index (χ4n) is 1.20. The molecule has 68 valence electrons. The molecule has 1 heterocycles. The van der Waals surface area contributed by atoms with Crippen LogP contribution in [0.1, 0.15) is 23.8 Å². The molecule has 2 N–H and O–H groups in total. The van der Waals surface area contributed by atoms with Crippen molar-refractivity contribution >= 4 is 39.7 Å². The fraction of sp³-hybridized carbons (Fsp3) is 0.500. The van der Waals surface area contributed by atoms with Gasteiger partial charge < -0.3 is 5.73 Å². The molecule has 1 fully saturated rings. The van der Waals surface area contributed by atoms with Gasteiger partial charge in [-0.1, -0.05) is 0 Å². The minimum absolute atomic E-state index is 0. The summed E-state index contributed by atoms with van der Waals surface area (Å²) in [4.78, 5) is 1.32. The van der Waals surface area contributed by atoms with Crippen LogP contribution in [0.3, 0.4) is 0 Å². The van der Waals surface area contributed by atoms with Crippen LogP contribution in [-0.2, 0) is 0 Å². The second-order valence-electron chi connectivity index (χ2n) is 3.01. The Kier molecular flexibility index (Phi) is 3.58. The van der Waals surface area contributed by atoms with Crippen LogP contribution in [0.25, 0.3) is 0 Å². The molecule has 1 aliphatic carbocycles. The van der Waals surface area contributed by atoms with Crippen LogP contribution in [0.5, 0.6) is 0 Å². The van der Waals surface area contributed by atoms with Gasteiger partial charge >= 0.3 is 0 Å². The summed E-state index contributed by atoms with van der Waals surface area (Å²) in [5.74, 6) is 0.764. The molecule has 4 heteroatoms. The Morgan fingerprint density at radius 2 is 2.17 bits per heavy atom. The summed E-state index contributed by atoms with van der Waals surface area (Å²) in [5.41, 5.74) is 6.00. The molecule has 0 bridgehead atoms. The van der Waals surface area contributed by atoms with Crippen molar-refractivity contribution in [3.05, 3.63) is 20.8 Å². The molecule has 0 saturated heterocycles. The summed E-state index contributed by atoms with van der Waals surface area (Å²) in [7, 11) is 0. The number of rotatable bonds is 2. The first kappa shape index (κ1) is 10.5. The second-order valence-corrected chi connectivity index (χ2v) is 5.50. The number of nitrogens with two attached hydrogens (primary N) is 1. The summed E-state index contributed by atoms with van der Waals surface area (Å²) in [6, 6.07) is 4.49. The molecular formula is C8H11BrClNS. The van der Waals surface area contributed by atoms with E-state index in [0.717, 1.165) is 5.92 Å². The zero-order valence-electron chi connectivity index (χ0n) is 6.50. The topological polar surface area (TPSA) is 26.0 Å². The lowest BCUT2D eigenvalue weighted by molar-refractivity contribution is 0.645. The van der Waals surface area contributed by atoms with Crippen LogP contribution in [0.4, 0.5) is 0 Å². The maximum absolute atomic E-state index is 6.00. The number of halogens is 2. The fourth-order valence-corrected chi connectivity index (χ4v) is 2.71. The van der Waals surface area contributed by atoms with Gasteiger partial charge in [0.05, 0.1) is 3.79 Å². The summed E-state index contributed by atoms with van der Waals surface area (Å²) < 4.78 is 1.18. The van der Waals surface area contributed by atoms with E-state index in [1.807, 2.05) is 0 Å². The quantitative estimate of drug-likeness (QED) is 0.875. The Morgan fingerprint density at radius 1 is 1.50 bits per heavy atom. The Balaban J connectivity index is 0.000000720. The normalized spacial score (nSPS) is 18.5. The third kappa shape index (κ3) is 2.22. The van der Waals surface area contributed by atoms with E-state index < -0.39 is 0 Å². The summed E-state index contributed by atoms with van der Waals surface area (Å²) in [6.07, 6.45) is 2.63. The van der Waals surface area contributed by atoms with Crippen LogP contribution in [-0.4, -0.2) is 0 Å². The van der Waals surface area contributed by atoms with E-state index in [4.69, 9.17) is 5.73 Å². The smallest absolute Gasteiger partial charge is 0.0701 e. The van der Waals surface area contributed by atoms with Crippen molar-refractivity contribution in [2.75, 3.05) is 0 Å². The minimum atomic E-state index is 0. The number of hydrogen-bond donors (Lipinski definition) is 1. The van der Waals surface area contributed by atoms with Gasteiger partial charge in [0.2, 0.25) is 0 Å². The van der Waals surface area contributed by atoms with Gasteiger partial charge in [-0.15, -0.1) is 23.7 Å². The van der Waals surface area contributed by atoms with Crippen LogP contribution in [0.2, 0.25) is 0 Å². The molecule has 1 aromatic rings. The maximum Gasteiger partial charge on any atom is 0.0701 e. The monoisotopic (exact) mass is 267 g/mol. The number of hydrogen-bond acceptors (Lipinski definition) is 2. The van der Waals surface area contributed by atoms with Gasteiger partial charge in [0.1, 0.15) is 0 Å². The standard InChI is InChI=1S/C8H10BrNS.ClH/c9-7-4-3-6(11-7)8(10)5-1-2-5;/h3-5,8H,1-2,10H2;1H/t8-;/m1./s1. The minimum Gasteiger partial charge on any atom is -0.323 e. The molecule has 0 amide bonds. The van der Waals surface area contributed by atoms with Crippen LogP contribution < -0.4 is 5.73 Å². The number of thiophene rings is 1. The Hall–Kier alpha value is 0.430. The average Bonchev–Trinajstić information content (AvgIpc) is 2.74. The predicted octanol–water partition coefficient (Wildman–Crippen LogP) is 3.34. The van der Waals surface area contributed by atoms with E-state index >= 15 is 0 Å². The molecule has 1 aliphatic rings. The highest BCUT2D eigenvalue weighted by Crippen LogP contribution is 2.41. The van der Waals surface area contributed by atoms with Gasteiger partial charge in [-0.05, 0) is 46.8 Å². The molecule has 0 spiro atoms. The van der Waals surface area contributed by atoms with Gasteiger partial charge in [-0.3, -0.25) is 0 Å². The van der Waals surface area contributed by atoms with Crippen molar-refractivity contribution < 1.29 is 0 Å². The zero-order valence-corrected chi connectivity index (χ0v) is 9.71. The lowest BCUT2D eigenvalue weighted by atomic mass is 10.2. The molecular weight excluding hydrogens is 258 g/mol. The van der Waals surface area contributed by atoms with Crippen molar-refractivity contribution in [1.29, 1.82) is 0 Å². The third-order valence-electron chi connectivity index (χ3n) is 2.05. The van der Waals surface area contributed by atoms with Gasteiger partial charge in [-0.25, -0.2) is 0 Å². The van der Waals surface area contributed by atoms with Crippen molar-refractivity contribution in [3.8, 4) is 0 Å². The van der Waals surface area contributed by atoms with Gasteiger partial charge in [0.15, 0.2) is 0 Å². The van der Waals surface area contributed by atoms with Gasteiger partial charge in [0, 0.05) is 10.9 Å². The van der Waals surface area contributed by atoms with Crippen LogP contribution in [0, 0.1) is 5.92 Å². The highest BCUT2D eigenvalue weighted by Gasteiger charge is 2.30. The molecule has 0 unspecified atom stereocenters. The molecule has 1 saturated carbocycles. The molecule has 1 aromatic heterocycles. The Labute approximate surface area is 90.9 Å². The second kappa shape index (κ2) is 4.09. The molecule has 0 aliphatic heterocycles. The first-order valence-corrected chi connectivity index (χ1v) is 5.39. The first-order chi connectivity index (χ1) is 5.27. The predicted molar refractivity (Wildman–Crippen MR) is 58.9 cm³/mol. The van der Waals surface area contributed by atoms with E-state index in [9.17, 15) is 0 Å². The van der Waals surface area contributed by atoms with Gasteiger partial charge in [-0.2, -0.15) is 0 Å². The van der Waals surface area contributed by atoms with E-state index in [2.05, 4.69) is 28.1 Å². The van der Waals surface area contributed by atoms with Crippen LogP contribution in [0.15, 0.2) is 15.9 Å². The molecule has 1 nitrogen and oxygen atoms in total. The summed E-state index contributed by atoms with van der Waals surface area (Å²) >= 11 is 5.19. The van der Waals surface area contributed by atoms with Crippen molar-refractivity contribution in [1.82, 2.24) is 0 Å². The molecule has 12 heavy (non-hydrogen) atoms. The van der Waals surface area contributed by atoms with Crippen LogP contribution >= 0.6 is 39.7 Å². The Bertz CT molecular complexity index is 259. The Morgan fingerprint density at radius 3 is 2.58 bits per heavy atom. The lowest BCUT2D eigenvalue weighted by Gasteiger charge is -2.05. The summed E-state index contributed by atoms with van der Waals surface area (Å²) in [6.45, 7) is 0. The third-order valence-corrected chi connectivity index (χ3v) is 3.78. The molecule has 0 radical (unpaired) electrons. The molecule has 1 atom stereocenters. The van der Waals surface area contributed by atoms with E-state index in [1.54, 1.807) is 11.3 Å².